The van der Waals surface area contributed by atoms with Gasteiger partial charge in [0.05, 0.1) is 0 Å². The minimum atomic E-state index is 0.567. The predicted octanol–water partition coefficient (Wildman–Crippen LogP) is 1.50. The van der Waals surface area contributed by atoms with Crippen LogP contribution in [0.2, 0.25) is 0 Å². The van der Waals surface area contributed by atoms with Gasteiger partial charge in [-0.1, -0.05) is 20.8 Å². The van der Waals surface area contributed by atoms with Crippen molar-refractivity contribution in [1.29, 1.82) is 0 Å². The summed E-state index contributed by atoms with van der Waals surface area (Å²) in [6.07, 6.45) is 0. The van der Waals surface area contributed by atoms with Crippen molar-refractivity contribution in [2.45, 2.75) is 20.8 Å². The van der Waals surface area contributed by atoms with Crippen LogP contribution in [0.5, 0.6) is 0 Å². The standard InChI is InChI=1S/C9H17N/c1-9(2,3)8-6-4-10-5-7(6)8/h6-8,10H,4-5H2,1-3H3/t6-,7+,8?. The number of nitrogens with one attached hydrogen (secondary N) is 1. The first-order valence-electron chi connectivity index (χ1n) is 4.31. The molecule has 2 rings (SSSR count). The van der Waals surface area contributed by atoms with Crippen molar-refractivity contribution in [2.24, 2.45) is 23.2 Å². The quantitative estimate of drug-likeness (QED) is 0.536. The summed E-state index contributed by atoms with van der Waals surface area (Å²) in [7, 11) is 0. The summed E-state index contributed by atoms with van der Waals surface area (Å²) in [5, 5.41) is 3.42. The molecule has 1 N–H and O–H groups in total. The van der Waals surface area contributed by atoms with Crippen molar-refractivity contribution < 1.29 is 0 Å². The molecule has 1 heteroatoms. The molecule has 0 aromatic rings. The number of fused-ring (bicyclic) bond motifs is 1. The molecule has 1 saturated heterocycles. The summed E-state index contributed by atoms with van der Waals surface area (Å²) < 4.78 is 0. The summed E-state index contributed by atoms with van der Waals surface area (Å²) in [4.78, 5) is 0. The van der Waals surface area contributed by atoms with E-state index in [1.807, 2.05) is 0 Å². The van der Waals surface area contributed by atoms with Crippen molar-refractivity contribution >= 4 is 0 Å². The fourth-order valence-corrected chi connectivity index (χ4v) is 2.70. The molecule has 0 aromatic carbocycles. The van der Waals surface area contributed by atoms with Gasteiger partial charge < -0.3 is 5.32 Å². The van der Waals surface area contributed by atoms with Crippen molar-refractivity contribution in [3.8, 4) is 0 Å². The topological polar surface area (TPSA) is 12.0 Å². The Morgan fingerprint density at radius 3 is 1.90 bits per heavy atom. The Morgan fingerprint density at radius 1 is 1.10 bits per heavy atom. The first-order chi connectivity index (χ1) is 4.61. The van der Waals surface area contributed by atoms with Gasteiger partial charge in [-0.2, -0.15) is 0 Å². The lowest BCUT2D eigenvalue weighted by Crippen LogP contribution is -2.21. The number of rotatable bonds is 0. The number of hydrogen-bond acceptors (Lipinski definition) is 1. The van der Waals surface area contributed by atoms with Crippen LogP contribution in [0.3, 0.4) is 0 Å². The highest BCUT2D eigenvalue weighted by Crippen LogP contribution is 2.57. The molecule has 1 saturated carbocycles. The zero-order valence-corrected chi connectivity index (χ0v) is 7.15. The molecular weight excluding hydrogens is 122 g/mol. The molecule has 0 amide bonds. The predicted molar refractivity (Wildman–Crippen MR) is 42.8 cm³/mol. The molecule has 1 aliphatic carbocycles. The van der Waals surface area contributed by atoms with Gasteiger partial charge >= 0.3 is 0 Å². The average Bonchev–Trinajstić information content (AvgIpc) is 2.30. The van der Waals surface area contributed by atoms with E-state index in [4.69, 9.17) is 0 Å². The molecule has 2 aliphatic rings. The lowest BCUT2D eigenvalue weighted by Gasteiger charge is -2.20. The number of piperidine rings is 1. The van der Waals surface area contributed by atoms with Crippen LogP contribution in [-0.4, -0.2) is 13.1 Å². The second kappa shape index (κ2) is 1.76. The van der Waals surface area contributed by atoms with Crippen LogP contribution in [0.25, 0.3) is 0 Å². The maximum absolute atomic E-state index is 3.42. The van der Waals surface area contributed by atoms with E-state index in [0.717, 1.165) is 17.8 Å². The van der Waals surface area contributed by atoms with Crippen molar-refractivity contribution in [2.75, 3.05) is 13.1 Å². The minimum absolute atomic E-state index is 0.567. The van der Waals surface area contributed by atoms with Gasteiger partial charge in [0, 0.05) is 0 Å². The molecule has 0 bridgehead atoms. The van der Waals surface area contributed by atoms with Gasteiger partial charge in [-0.05, 0) is 36.3 Å². The first-order valence-corrected chi connectivity index (χ1v) is 4.31. The summed E-state index contributed by atoms with van der Waals surface area (Å²) in [6, 6.07) is 0. The SMILES string of the molecule is CC(C)(C)C1[C@H]2CNC[C@@H]12. The fraction of sp³-hybridized carbons (Fsp3) is 1.00. The molecule has 3 atom stereocenters. The second-order valence-electron chi connectivity index (χ2n) is 4.88. The maximum atomic E-state index is 3.42. The van der Waals surface area contributed by atoms with E-state index < -0.39 is 0 Å². The number of hydrogen-bond donors (Lipinski definition) is 1. The molecule has 0 radical (unpaired) electrons. The molecule has 58 valence electrons. The van der Waals surface area contributed by atoms with Gasteiger partial charge in [0.2, 0.25) is 0 Å². The highest BCUT2D eigenvalue weighted by Gasteiger charge is 2.57. The Bertz CT molecular complexity index is 135. The van der Waals surface area contributed by atoms with Gasteiger partial charge in [0.25, 0.3) is 0 Å². The summed E-state index contributed by atoms with van der Waals surface area (Å²) >= 11 is 0. The molecule has 0 spiro atoms. The van der Waals surface area contributed by atoms with Crippen molar-refractivity contribution in [3.05, 3.63) is 0 Å². The van der Waals surface area contributed by atoms with E-state index in [2.05, 4.69) is 26.1 Å². The van der Waals surface area contributed by atoms with E-state index in [-0.39, 0.29) is 0 Å². The van der Waals surface area contributed by atoms with Crippen LogP contribution < -0.4 is 5.32 Å². The fourth-order valence-electron chi connectivity index (χ4n) is 2.70. The second-order valence-corrected chi connectivity index (χ2v) is 4.88. The zero-order chi connectivity index (χ0) is 7.35. The Kier molecular flexibility index (Phi) is 1.17. The highest BCUT2D eigenvalue weighted by molar-refractivity contribution is 5.07. The van der Waals surface area contributed by atoms with Crippen molar-refractivity contribution in [1.82, 2.24) is 5.32 Å². The Morgan fingerprint density at radius 2 is 1.60 bits per heavy atom. The van der Waals surface area contributed by atoms with Crippen LogP contribution in [0.1, 0.15) is 20.8 Å². The maximum Gasteiger partial charge on any atom is -0.00142 e. The Labute approximate surface area is 63.2 Å². The van der Waals surface area contributed by atoms with Crippen LogP contribution in [0.15, 0.2) is 0 Å². The van der Waals surface area contributed by atoms with Gasteiger partial charge in [0.15, 0.2) is 0 Å². The Hall–Kier alpha value is -0.0400. The van der Waals surface area contributed by atoms with Gasteiger partial charge in [0.1, 0.15) is 0 Å². The van der Waals surface area contributed by atoms with Gasteiger partial charge in [-0.3, -0.25) is 0 Å². The monoisotopic (exact) mass is 139 g/mol. The highest BCUT2D eigenvalue weighted by atomic mass is 15.0. The first kappa shape index (κ1) is 6.66. The molecule has 10 heavy (non-hydrogen) atoms. The van der Waals surface area contributed by atoms with Crippen LogP contribution >= 0.6 is 0 Å². The summed E-state index contributed by atoms with van der Waals surface area (Å²) in [5.41, 5.74) is 0.567. The van der Waals surface area contributed by atoms with E-state index in [0.29, 0.717) is 5.41 Å². The molecule has 0 aromatic heterocycles. The normalized spacial score (nSPS) is 45.3. The summed E-state index contributed by atoms with van der Waals surface area (Å²) in [6.45, 7) is 9.68. The lowest BCUT2D eigenvalue weighted by molar-refractivity contribution is 0.303. The average molecular weight is 139 g/mol. The molecule has 1 nitrogen and oxygen atoms in total. The van der Waals surface area contributed by atoms with Crippen LogP contribution in [0.4, 0.5) is 0 Å². The van der Waals surface area contributed by atoms with Crippen LogP contribution in [-0.2, 0) is 0 Å². The molecule has 2 fully saturated rings. The van der Waals surface area contributed by atoms with Gasteiger partial charge in [-0.25, -0.2) is 0 Å². The van der Waals surface area contributed by atoms with Gasteiger partial charge in [-0.15, -0.1) is 0 Å². The van der Waals surface area contributed by atoms with E-state index in [1.165, 1.54) is 13.1 Å². The molecule has 1 aliphatic heterocycles. The summed E-state index contributed by atoms with van der Waals surface area (Å²) in [5.74, 6) is 3.08. The minimum Gasteiger partial charge on any atom is -0.316 e. The van der Waals surface area contributed by atoms with E-state index in [9.17, 15) is 0 Å². The third-order valence-corrected chi connectivity index (χ3v) is 3.09. The molecule has 1 unspecified atom stereocenters. The van der Waals surface area contributed by atoms with Crippen LogP contribution in [0, 0.1) is 23.2 Å². The smallest absolute Gasteiger partial charge is 0.00142 e. The Balaban J connectivity index is 2.01. The lowest BCUT2D eigenvalue weighted by atomic mass is 9.87. The third kappa shape index (κ3) is 0.800. The van der Waals surface area contributed by atoms with E-state index >= 15 is 0 Å². The molecular formula is C9H17N. The zero-order valence-electron chi connectivity index (χ0n) is 7.15. The molecule has 1 heterocycles. The van der Waals surface area contributed by atoms with E-state index in [1.54, 1.807) is 0 Å². The third-order valence-electron chi connectivity index (χ3n) is 3.09. The largest absolute Gasteiger partial charge is 0.316 e. The van der Waals surface area contributed by atoms with Crippen molar-refractivity contribution in [3.63, 3.8) is 0 Å².